The molecule has 58 valence electrons. The van der Waals surface area contributed by atoms with Gasteiger partial charge in [0.25, 0.3) is 0 Å². The average Bonchev–Trinajstić information content (AvgIpc) is 2.43. The number of carbonyl (C=O) groups excluding carboxylic acids is 1. The molecule has 0 bridgehead atoms. The molecule has 0 unspecified atom stereocenters. The SMILES string of the molecule is C1=CCOC1.CN(C)C=O. The monoisotopic (exact) mass is 143 g/mol. The van der Waals surface area contributed by atoms with Gasteiger partial charge in [-0.15, -0.1) is 0 Å². The highest BCUT2D eigenvalue weighted by atomic mass is 16.5. The summed E-state index contributed by atoms with van der Waals surface area (Å²) < 4.78 is 4.83. The van der Waals surface area contributed by atoms with Gasteiger partial charge in [-0.05, 0) is 0 Å². The van der Waals surface area contributed by atoms with E-state index in [1.54, 1.807) is 14.1 Å². The van der Waals surface area contributed by atoms with Crippen molar-refractivity contribution in [3.05, 3.63) is 12.2 Å². The molecule has 3 heteroatoms. The van der Waals surface area contributed by atoms with Crippen molar-refractivity contribution in [3.63, 3.8) is 0 Å². The minimum atomic E-state index is 0.750. The second kappa shape index (κ2) is 6.29. The summed E-state index contributed by atoms with van der Waals surface area (Å²) in [6.45, 7) is 1.64. The zero-order valence-electron chi connectivity index (χ0n) is 6.41. The summed E-state index contributed by atoms with van der Waals surface area (Å²) in [6.07, 6.45) is 4.78. The number of ether oxygens (including phenoxy) is 1. The molecule has 0 aliphatic carbocycles. The maximum atomic E-state index is 9.43. The normalized spacial score (nSPS) is 13.8. The predicted molar refractivity (Wildman–Crippen MR) is 39.7 cm³/mol. The molecule has 0 saturated carbocycles. The van der Waals surface area contributed by atoms with Crippen LogP contribution in [0, 0.1) is 0 Å². The number of amides is 1. The number of carbonyl (C=O) groups is 1. The number of hydrogen-bond donors (Lipinski definition) is 0. The molecule has 1 aliphatic rings. The molecule has 0 aromatic heterocycles. The van der Waals surface area contributed by atoms with Gasteiger partial charge in [0.2, 0.25) is 6.41 Å². The van der Waals surface area contributed by atoms with Crippen LogP contribution in [0.4, 0.5) is 0 Å². The van der Waals surface area contributed by atoms with Crippen LogP contribution in [0.2, 0.25) is 0 Å². The molecule has 0 N–H and O–H groups in total. The van der Waals surface area contributed by atoms with Gasteiger partial charge in [-0.25, -0.2) is 0 Å². The molecule has 0 aromatic carbocycles. The maximum absolute atomic E-state index is 9.43. The molecule has 0 saturated heterocycles. The Kier molecular flexibility index (Phi) is 5.77. The lowest BCUT2D eigenvalue weighted by Crippen LogP contribution is -2.06. The summed E-state index contributed by atoms with van der Waals surface area (Å²) in [5.41, 5.74) is 0. The Morgan fingerprint density at radius 1 is 1.40 bits per heavy atom. The molecule has 0 radical (unpaired) electrons. The molecule has 1 heterocycles. The highest BCUT2D eigenvalue weighted by Crippen LogP contribution is 1.85. The lowest BCUT2D eigenvalue weighted by atomic mass is 10.6. The van der Waals surface area contributed by atoms with Gasteiger partial charge in [-0.2, -0.15) is 0 Å². The molecule has 0 spiro atoms. The second-order valence-corrected chi connectivity index (χ2v) is 2.08. The molecule has 1 amide bonds. The summed E-state index contributed by atoms with van der Waals surface area (Å²) in [6, 6.07) is 0. The molecule has 1 rings (SSSR count). The average molecular weight is 143 g/mol. The fraction of sp³-hybridized carbons (Fsp3) is 0.571. The summed E-state index contributed by atoms with van der Waals surface area (Å²) >= 11 is 0. The van der Waals surface area contributed by atoms with Gasteiger partial charge >= 0.3 is 0 Å². The minimum absolute atomic E-state index is 0.750. The Balaban J connectivity index is 0.000000162. The zero-order chi connectivity index (χ0) is 7.82. The molecular weight excluding hydrogens is 130 g/mol. The number of hydrogen-bond acceptors (Lipinski definition) is 2. The van der Waals surface area contributed by atoms with E-state index in [2.05, 4.69) is 0 Å². The third kappa shape index (κ3) is 7.17. The first kappa shape index (κ1) is 9.17. The van der Waals surface area contributed by atoms with E-state index in [0.29, 0.717) is 0 Å². The van der Waals surface area contributed by atoms with E-state index in [4.69, 9.17) is 4.74 Å². The van der Waals surface area contributed by atoms with Gasteiger partial charge < -0.3 is 9.64 Å². The Bertz CT molecular complexity index is 104. The maximum Gasteiger partial charge on any atom is 0.209 e. The van der Waals surface area contributed by atoms with Crippen LogP contribution < -0.4 is 0 Å². The molecular formula is C7H13NO2. The van der Waals surface area contributed by atoms with Gasteiger partial charge in [0.05, 0.1) is 13.2 Å². The Morgan fingerprint density at radius 2 is 1.80 bits per heavy atom. The lowest BCUT2D eigenvalue weighted by molar-refractivity contribution is -0.115. The van der Waals surface area contributed by atoms with Crippen molar-refractivity contribution in [1.82, 2.24) is 4.90 Å². The van der Waals surface area contributed by atoms with Crippen molar-refractivity contribution in [2.45, 2.75) is 0 Å². The van der Waals surface area contributed by atoms with Crippen molar-refractivity contribution < 1.29 is 9.53 Å². The number of rotatable bonds is 1. The summed E-state index contributed by atoms with van der Waals surface area (Å²) in [5, 5.41) is 0. The first-order chi connectivity index (χ1) is 4.77. The Morgan fingerprint density at radius 3 is 1.90 bits per heavy atom. The minimum Gasteiger partial charge on any atom is -0.373 e. The van der Waals surface area contributed by atoms with Crippen LogP contribution in [0.5, 0.6) is 0 Å². The van der Waals surface area contributed by atoms with E-state index in [-0.39, 0.29) is 0 Å². The van der Waals surface area contributed by atoms with Crippen LogP contribution in [0.25, 0.3) is 0 Å². The van der Waals surface area contributed by atoms with Crippen molar-refractivity contribution >= 4 is 6.41 Å². The van der Waals surface area contributed by atoms with E-state index in [1.165, 1.54) is 4.90 Å². The van der Waals surface area contributed by atoms with E-state index < -0.39 is 0 Å². The van der Waals surface area contributed by atoms with E-state index in [0.717, 1.165) is 19.6 Å². The van der Waals surface area contributed by atoms with Gasteiger partial charge in [0.1, 0.15) is 0 Å². The molecule has 0 atom stereocenters. The first-order valence-electron chi connectivity index (χ1n) is 3.12. The van der Waals surface area contributed by atoms with Crippen LogP contribution >= 0.6 is 0 Å². The smallest absolute Gasteiger partial charge is 0.209 e. The van der Waals surface area contributed by atoms with Gasteiger partial charge in [-0.1, -0.05) is 12.2 Å². The Labute approximate surface area is 61.3 Å². The molecule has 0 fully saturated rings. The third-order valence-corrected chi connectivity index (χ3v) is 0.806. The highest BCUT2D eigenvalue weighted by molar-refractivity contribution is 5.45. The lowest BCUT2D eigenvalue weighted by Gasteiger charge is -1.93. The fourth-order valence-electron chi connectivity index (χ4n) is 0.340. The van der Waals surface area contributed by atoms with Gasteiger partial charge in [0, 0.05) is 14.1 Å². The van der Waals surface area contributed by atoms with E-state index in [9.17, 15) is 4.79 Å². The summed E-state index contributed by atoms with van der Waals surface area (Å²) in [5.74, 6) is 0. The molecule has 1 aliphatic heterocycles. The van der Waals surface area contributed by atoms with Crippen LogP contribution in [-0.4, -0.2) is 38.6 Å². The second-order valence-electron chi connectivity index (χ2n) is 2.08. The first-order valence-corrected chi connectivity index (χ1v) is 3.12. The van der Waals surface area contributed by atoms with E-state index >= 15 is 0 Å². The fourth-order valence-corrected chi connectivity index (χ4v) is 0.340. The quantitative estimate of drug-likeness (QED) is 0.389. The molecule has 0 aromatic rings. The Hall–Kier alpha value is -0.830. The third-order valence-electron chi connectivity index (χ3n) is 0.806. The largest absolute Gasteiger partial charge is 0.373 e. The summed E-state index contributed by atoms with van der Waals surface area (Å²) in [4.78, 5) is 10.9. The van der Waals surface area contributed by atoms with Crippen molar-refractivity contribution in [3.8, 4) is 0 Å². The van der Waals surface area contributed by atoms with Gasteiger partial charge in [-0.3, -0.25) is 4.79 Å². The van der Waals surface area contributed by atoms with Crippen LogP contribution in [0.15, 0.2) is 12.2 Å². The topological polar surface area (TPSA) is 29.5 Å². The summed E-state index contributed by atoms with van der Waals surface area (Å²) in [7, 11) is 3.38. The van der Waals surface area contributed by atoms with Crippen LogP contribution in [0.3, 0.4) is 0 Å². The highest BCUT2D eigenvalue weighted by Gasteiger charge is 1.83. The van der Waals surface area contributed by atoms with E-state index in [1.807, 2.05) is 12.2 Å². The van der Waals surface area contributed by atoms with Crippen LogP contribution in [0.1, 0.15) is 0 Å². The van der Waals surface area contributed by atoms with Gasteiger partial charge in [0.15, 0.2) is 0 Å². The number of nitrogens with zero attached hydrogens (tertiary/aromatic N) is 1. The van der Waals surface area contributed by atoms with Crippen LogP contribution in [-0.2, 0) is 9.53 Å². The predicted octanol–water partition coefficient (Wildman–Crippen LogP) is 0.277. The molecule has 10 heavy (non-hydrogen) atoms. The standard InChI is InChI=1S/C4H6O.C3H7NO/c1-2-4-5-3-1;1-4(2)3-5/h1-2H,3-4H2;3H,1-2H3. The van der Waals surface area contributed by atoms with Crippen molar-refractivity contribution in [2.75, 3.05) is 27.3 Å². The zero-order valence-corrected chi connectivity index (χ0v) is 6.41. The molecule has 3 nitrogen and oxygen atoms in total. The van der Waals surface area contributed by atoms with Crippen molar-refractivity contribution in [1.29, 1.82) is 0 Å². The van der Waals surface area contributed by atoms with Crippen molar-refractivity contribution in [2.24, 2.45) is 0 Å².